The molecule has 5 rings (SSSR count). The number of aliphatic hydroxyl groups excluding tert-OH is 1. The molecule has 9 atom stereocenters. The Hall–Kier alpha value is -0.630. The van der Waals surface area contributed by atoms with E-state index in [1.165, 1.54) is 56.9 Å². The van der Waals surface area contributed by atoms with Crippen LogP contribution in [0.3, 0.4) is 0 Å². The van der Waals surface area contributed by atoms with Crippen LogP contribution in [0, 0.1) is 56.7 Å². The number of ketones is 1. The Morgan fingerprint density at radius 3 is 2.28 bits per heavy atom. The minimum absolute atomic E-state index is 0.136. The zero-order valence-electron chi connectivity index (χ0n) is 21.7. The Kier molecular flexibility index (Phi) is 5.03. The van der Waals surface area contributed by atoms with Gasteiger partial charge in [0.1, 0.15) is 5.78 Å². The van der Waals surface area contributed by atoms with Crippen LogP contribution in [-0.4, -0.2) is 17.5 Å². The molecule has 180 valence electrons. The topological polar surface area (TPSA) is 37.3 Å². The van der Waals surface area contributed by atoms with E-state index < -0.39 is 0 Å². The van der Waals surface area contributed by atoms with E-state index in [1.807, 2.05) is 0 Å². The van der Waals surface area contributed by atoms with Crippen LogP contribution in [0.1, 0.15) is 106 Å². The Labute approximate surface area is 197 Å². The summed E-state index contributed by atoms with van der Waals surface area (Å²) in [6, 6.07) is 0. The van der Waals surface area contributed by atoms with Gasteiger partial charge in [-0.3, -0.25) is 4.79 Å². The van der Waals surface area contributed by atoms with Gasteiger partial charge in [0.15, 0.2) is 0 Å². The van der Waals surface area contributed by atoms with Crippen molar-refractivity contribution in [2.24, 2.45) is 56.7 Å². The molecule has 2 nitrogen and oxygen atoms in total. The molecular formula is C30H48O2. The number of hydrogen-bond donors (Lipinski definition) is 1. The number of allylic oxidation sites excluding steroid dienone is 1. The summed E-state index contributed by atoms with van der Waals surface area (Å²) < 4.78 is 0. The number of carbonyl (C=O) groups excluding carboxylic acids is 1. The fourth-order valence-corrected chi connectivity index (χ4v) is 11.4. The first-order valence-electron chi connectivity index (χ1n) is 13.7. The van der Waals surface area contributed by atoms with Crippen LogP contribution in [0.25, 0.3) is 0 Å². The van der Waals surface area contributed by atoms with Gasteiger partial charge in [0.25, 0.3) is 0 Å². The van der Waals surface area contributed by atoms with Gasteiger partial charge in [-0.1, -0.05) is 46.8 Å². The van der Waals surface area contributed by atoms with Crippen molar-refractivity contribution in [2.45, 2.75) is 106 Å². The van der Waals surface area contributed by atoms with Crippen LogP contribution in [0.4, 0.5) is 0 Å². The minimum Gasteiger partial charge on any atom is -0.396 e. The Morgan fingerprint density at radius 1 is 0.906 bits per heavy atom. The number of carbonyl (C=O) groups is 1. The number of rotatable bonds is 2. The molecule has 0 heterocycles. The summed E-state index contributed by atoms with van der Waals surface area (Å²) in [5, 5.41) is 10.6. The van der Waals surface area contributed by atoms with Crippen molar-refractivity contribution in [3.8, 4) is 0 Å². The van der Waals surface area contributed by atoms with Crippen molar-refractivity contribution in [1.29, 1.82) is 0 Å². The van der Waals surface area contributed by atoms with Crippen LogP contribution < -0.4 is 0 Å². The number of aliphatic hydroxyl groups is 1. The Balaban J connectivity index is 1.56. The molecule has 32 heavy (non-hydrogen) atoms. The first-order valence-corrected chi connectivity index (χ1v) is 13.7. The molecule has 0 aromatic heterocycles. The molecular weight excluding hydrogens is 392 g/mol. The summed E-state index contributed by atoms with van der Waals surface area (Å²) in [5.41, 5.74) is 2.27. The lowest BCUT2D eigenvalue weighted by Gasteiger charge is -2.72. The summed E-state index contributed by atoms with van der Waals surface area (Å²) in [4.78, 5) is 12.9. The molecule has 0 spiro atoms. The third-order valence-corrected chi connectivity index (χ3v) is 13.3. The first-order chi connectivity index (χ1) is 14.9. The molecule has 0 bridgehead atoms. The van der Waals surface area contributed by atoms with Crippen LogP contribution >= 0.6 is 0 Å². The van der Waals surface area contributed by atoms with E-state index in [1.54, 1.807) is 0 Å². The van der Waals surface area contributed by atoms with Gasteiger partial charge in [-0.05, 0) is 116 Å². The van der Waals surface area contributed by atoms with Crippen molar-refractivity contribution in [3.63, 3.8) is 0 Å². The second kappa shape index (κ2) is 6.96. The highest BCUT2D eigenvalue weighted by Gasteiger charge is 2.70. The predicted molar refractivity (Wildman–Crippen MR) is 131 cm³/mol. The molecule has 4 unspecified atom stereocenters. The minimum atomic E-state index is -0.165. The number of fused-ring (bicyclic) bond motifs is 7. The van der Waals surface area contributed by atoms with Gasteiger partial charge in [0, 0.05) is 18.4 Å². The van der Waals surface area contributed by atoms with Crippen molar-refractivity contribution < 1.29 is 9.90 Å². The average molecular weight is 441 g/mol. The van der Waals surface area contributed by atoms with Crippen LogP contribution in [0.2, 0.25) is 0 Å². The lowest BCUT2D eigenvalue weighted by Crippen LogP contribution is -2.66. The summed E-state index contributed by atoms with van der Waals surface area (Å²) >= 11 is 0. The zero-order valence-corrected chi connectivity index (χ0v) is 21.7. The van der Waals surface area contributed by atoms with E-state index in [9.17, 15) is 9.90 Å². The van der Waals surface area contributed by atoms with Gasteiger partial charge in [-0.2, -0.15) is 0 Å². The lowest BCUT2D eigenvalue weighted by atomic mass is 9.32. The van der Waals surface area contributed by atoms with Crippen LogP contribution in [0.5, 0.6) is 0 Å². The molecule has 0 aromatic rings. The monoisotopic (exact) mass is 440 g/mol. The zero-order chi connectivity index (χ0) is 23.3. The fraction of sp³-hybridized carbons (Fsp3) is 0.900. The van der Waals surface area contributed by atoms with E-state index in [2.05, 4.69) is 48.1 Å². The molecule has 0 radical (unpaired) electrons. The quantitative estimate of drug-likeness (QED) is 0.461. The number of hydrogen-bond acceptors (Lipinski definition) is 2. The van der Waals surface area contributed by atoms with E-state index in [0.29, 0.717) is 52.8 Å². The Bertz CT molecular complexity index is 827. The van der Waals surface area contributed by atoms with E-state index in [-0.39, 0.29) is 16.2 Å². The predicted octanol–water partition coefficient (Wildman–Crippen LogP) is 7.21. The van der Waals surface area contributed by atoms with Crippen molar-refractivity contribution in [1.82, 2.24) is 0 Å². The SMILES string of the molecule is C=C(C)[C@@H]1CC[C@]2(CO)CC[C@]3(C)C(CCC4[C@@]5(C)CCC(=O)C(C)(C)C5CC[C@]43C)C12. The molecule has 5 saturated carbocycles. The van der Waals surface area contributed by atoms with Crippen molar-refractivity contribution >= 4 is 5.78 Å². The highest BCUT2D eigenvalue weighted by atomic mass is 16.3. The summed E-state index contributed by atoms with van der Waals surface area (Å²) in [5.74, 6) is 3.65. The molecule has 0 aliphatic heterocycles. The average Bonchev–Trinajstić information content (AvgIpc) is 3.12. The van der Waals surface area contributed by atoms with Crippen molar-refractivity contribution in [3.05, 3.63) is 12.2 Å². The molecule has 5 fully saturated rings. The summed E-state index contributed by atoms with van der Waals surface area (Å²) in [6.45, 7) is 19.4. The smallest absolute Gasteiger partial charge is 0.138 e. The van der Waals surface area contributed by atoms with Gasteiger partial charge in [0.2, 0.25) is 0 Å². The fourth-order valence-electron chi connectivity index (χ4n) is 11.4. The molecule has 1 N–H and O–H groups in total. The van der Waals surface area contributed by atoms with Crippen LogP contribution in [-0.2, 0) is 4.79 Å². The van der Waals surface area contributed by atoms with Gasteiger partial charge < -0.3 is 5.11 Å². The maximum absolute atomic E-state index is 12.9. The maximum atomic E-state index is 12.9. The van der Waals surface area contributed by atoms with E-state index >= 15 is 0 Å². The van der Waals surface area contributed by atoms with Gasteiger partial charge >= 0.3 is 0 Å². The molecule has 0 aromatic carbocycles. The molecule has 5 aliphatic carbocycles. The van der Waals surface area contributed by atoms with Crippen molar-refractivity contribution in [2.75, 3.05) is 6.61 Å². The second-order valence-electron chi connectivity index (χ2n) is 14.4. The summed E-state index contributed by atoms with van der Waals surface area (Å²) in [7, 11) is 0. The molecule has 2 heteroatoms. The summed E-state index contributed by atoms with van der Waals surface area (Å²) in [6.07, 6.45) is 11.9. The molecule has 0 saturated heterocycles. The standard InChI is InChI=1S/C30H48O2/c1-19(2)20-10-15-30(18-31)17-16-28(6)21(25(20)30)8-9-23-27(5)13-12-24(32)26(3,4)22(27)11-14-29(23,28)7/h20-23,25,31H,1,8-18H2,2-7H3/t20-,21?,22?,23?,25?,27-,28+,29+,30+/m0/s1. The molecule has 5 aliphatic rings. The largest absolute Gasteiger partial charge is 0.396 e. The third kappa shape index (κ3) is 2.60. The van der Waals surface area contributed by atoms with Crippen LogP contribution in [0.15, 0.2) is 12.2 Å². The van der Waals surface area contributed by atoms with E-state index in [4.69, 9.17) is 0 Å². The highest BCUT2D eigenvalue weighted by molar-refractivity contribution is 5.85. The first kappa shape index (κ1) is 23.1. The van der Waals surface area contributed by atoms with Gasteiger partial charge in [-0.15, -0.1) is 0 Å². The Morgan fingerprint density at radius 2 is 1.62 bits per heavy atom. The normalized spacial score (nSPS) is 54.2. The van der Waals surface area contributed by atoms with Gasteiger partial charge in [0.05, 0.1) is 0 Å². The van der Waals surface area contributed by atoms with Gasteiger partial charge in [-0.25, -0.2) is 0 Å². The highest BCUT2D eigenvalue weighted by Crippen LogP contribution is 2.77. The van der Waals surface area contributed by atoms with E-state index in [0.717, 1.165) is 12.8 Å². The maximum Gasteiger partial charge on any atom is 0.138 e. The lowest BCUT2D eigenvalue weighted by molar-refractivity contribution is -0.236. The third-order valence-electron chi connectivity index (χ3n) is 13.3. The molecule has 0 amide bonds. The number of Topliss-reactive ketones (excluding diaryl/α,β-unsaturated/α-hetero) is 1. The second-order valence-corrected chi connectivity index (χ2v) is 14.4.